The second kappa shape index (κ2) is 6.80. The molecule has 0 aromatic heterocycles. The fourth-order valence-electron chi connectivity index (χ4n) is 1.89. The zero-order valence-corrected chi connectivity index (χ0v) is 9.54. The summed E-state index contributed by atoms with van der Waals surface area (Å²) in [5.41, 5.74) is 0. The van der Waals surface area contributed by atoms with Crippen LogP contribution in [-0.4, -0.2) is 48.2 Å². The number of hydrogen-bond donors (Lipinski definition) is 2. The van der Waals surface area contributed by atoms with Crippen LogP contribution in [0, 0.1) is 0 Å². The minimum atomic E-state index is -0.772. The molecule has 0 saturated carbocycles. The number of nitrogens with one attached hydrogen (secondary N) is 1. The summed E-state index contributed by atoms with van der Waals surface area (Å²) in [6.07, 6.45) is 5.26. The largest absolute Gasteiger partial charge is 0.480 e. The molecule has 0 spiro atoms. The van der Waals surface area contributed by atoms with Gasteiger partial charge in [-0.1, -0.05) is 12.8 Å². The first kappa shape index (κ1) is 12.5. The Balaban J connectivity index is 2.10. The standard InChI is InChI=1S/C11H22N2O2/c1-10(11(14)15)12-6-9-13-7-4-2-3-5-8-13/h10,12H,2-9H2,1H3,(H,14,15). The summed E-state index contributed by atoms with van der Waals surface area (Å²) in [6, 6.07) is -0.433. The maximum absolute atomic E-state index is 10.6. The Morgan fingerprint density at radius 2 is 1.93 bits per heavy atom. The first-order valence-corrected chi connectivity index (χ1v) is 5.88. The van der Waals surface area contributed by atoms with Gasteiger partial charge in [0.05, 0.1) is 0 Å². The highest BCUT2D eigenvalue weighted by molar-refractivity contribution is 5.72. The van der Waals surface area contributed by atoms with Crippen LogP contribution < -0.4 is 5.32 Å². The molecule has 4 nitrogen and oxygen atoms in total. The summed E-state index contributed by atoms with van der Waals surface area (Å²) in [5.74, 6) is -0.772. The van der Waals surface area contributed by atoms with Crippen LogP contribution in [0.4, 0.5) is 0 Å². The highest BCUT2D eigenvalue weighted by Gasteiger charge is 2.11. The number of carboxylic acids is 1. The molecule has 1 fully saturated rings. The fourth-order valence-corrected chi connectivity index (χ4v) is 1.89. The Morgan fingerprint density at radius 3 is 2.47 bits per heavy atom. The van der Waals surface area contributed by atoms with Crippen LogP contribution >= 0.6 is 0 Å². The van der Waals surface area contributed by atoms with Crippen molar-refractivity contribution in [2.24, 2.45) is 0 Å². The number of hydrogen-bond acceptors (Lipinski definition) is 3. The third kappa shape index (κ3) is 5.14. The van der Waals surface area contributed by atoms with Gasteiger partial charge in [-0.2, -0.15) is 0 Å². The average molecular weight is 214 g/mol. The van der Waals surface area contributed by atoms with Gasteiger partial charge in [-0.25, -0.2) is 0 Å². The van der Waals surface area contributed by atoms with Gasteiger partial charge >= 0.3 is 5.97 Å². The molecule has 1 saturated heterocycles. The molecule has 0 bridgehead atoms. The number of carboxylic acid groups (broad SMARTS) is 1. The maximum Gasteiger partial charge on any atom is 0.320 e. The number of nitrogens with zero attached hydrogens (tertiary/aromatic N) is 1. The van der Waals surface area contributed by atoms with Crippen molar-refractivity contribution >= 4 is 5.97 Å². The van der Waals surface area contributed by atoms with Crippen molar-refractivity contribution in [2.45, 2.75) is 38.6 Å². The van der Waals surface area contributed by atoms with E-state index in [1.165, 1.54) is 38.8 Å². The summed E-state index contributed by atoms with van der Waals surface area (Å²) in [5, 5.41) is 11.7. The van der Waals surface area contributed by atoms with Gasteiger partial charge in [0, 0.05) is 13.1 Å². The molecule has 15 heavy (non-hydrogen) atoms. The molecule has 0 aliphatic carbocycles. The molecule has 0 aromatic rings. The molecule has 1 unspecified atom stereocenters. The molecule has 0 radical (unpaired) electrons. The van der Waals surface area contributed by atoms with Crippen LogP contribution in [0.15, 0.2) is 0 Å². The zero-order chi connectivity index (χ0) is 11.1. The lowest BCUT2D eigenvalue weighted by molar-refractivity contribution is -0.139. The van der Waals surface area contributed by atoms with Crippen molar-refractivity contribution in [2.75, 3.05) is 26.2 Å². The van der Waals surface area contributed by atoms with Crippen LogP contribution in [0.25, 0.3) is 0 Å². The van der Waals surface area contributed by atoms with Gasteiger partial charge in [0.25, 0.3) is 0 Å². The van der Waals surface area contributed by atoms with E-state index in [1.807, 2.05) is 0 Å². The van der Waals surface area contributed by atoms with Gasteiger partial charge in [-0.05, 0) is 32.9 Å². The lowest BCUT2D eigenvalue weighted by Crippen LogP contribution is -2.39. The van der Waals surface area contributed by atoms with Gasteiger partial charge in [0.2, 0.25) is 0 Å². The fraction of sp³-hybridized carbons (Fsp3) is 0.909. The van der Waals surface area contributed by atoms with Crippen LogP contribution in [0.5, 0.6) is 0 Å². The van der Waals surface area contributed by atoms with Gasteiger partial charge in [-0.3, -0.25) is 4.79 Å². The Hall–Kier alpha value is -0.610. The highest BCUT2D eigenvalue weighted by Crippen LogP contribution is 2.08. The minimum Gasteiger partial charge on any atom is -0.480 e. The zero-order valence-electron chi connectivity index (χ0n) is 9.54. The van der Waals surface area contributed by atoms with Gasteiger partial charge < -0.3 is 15.3 Å². The second-order valence-electron chi connectivity index (χ2n) is 4.27. The Labute approximate surface area is 91.6 Å². The van der Waals surface area contributed by atoms with Crippen LogP contribution in [0.3, 0.4) is 0 Å². The molecule has 0 aromatic carbocycles. The van der Waals surface area contributed by atoms with Gasteiger partial charge in [0.1, 0.15) is 6.04 Å². The van der Waals surface area contributed by atoms with Crippen molar-refractivity contribution in [3.8, 4) is 0 Å². The SMILES string of the molecule is CC(NCCN1CCCCCC1)C(=O)O. The second-order valence-corrected chi connectivity index (χ2v) is 4.27. The predicted molar refractivity (Wildman–Crippen MR) is 60.0 cm³/mol. The van der Waals surface area contributed by atoms with E-state index in [2.05, 4.69) is 10.2 Å². The van der Waals surface area contributed by atoms with E-state index in [-0.39, 0.29) is 0 Å². The molecule has 2 N–H and O–H groups in total. The molecule has 88 valence electrons. The third-order valence-electron chi connectivity index (χ3n) is 2.95. The highest BCUT2D eigenvalue weighted by atomic mass is 16.4. The molecule has 1 atom stereocenters. The Bertz CT molecular complexity index is 189. The van der Waals surface area contributed by atoms with Crippen LogP contribution in [0.1, 0.15) is 32.6 Å². The lowest BCUT2D eigenvalue weighted by atomic mass is 10.2. The smallest absolute Gasteiger partial charge is 0.320 e. The summed E-state index contributed by atoms with van der Waals surface area (Å²) in [4.78, 5) is 13.0. The number of rotatable bonds is 5. The van der Waals surface area contributed by atoms with Crippen molar-refractivity contribution in [3.63, 3.8) is 0 Å². The van der Waals surface area contributed by atoms with E-state index in [4.69, 9.17) is 5.11 Å². The van der Waals surface area contributed by atoms with E-state index in [1.54, 1.807) is 6.92 Å². The van der Waals surface area contributed by atoms with Gasteiger partial charge in [0.15, 0.2) is 0 Å². The molecule has 1 aliphatic rings. The molecule has 4 heteroatoms. The van der Waals surface area contributed by atoms with E-state index in [9.17, 15) is 4.79 Å². The van der Waals surface area contributed by atoms with Crippen LogP contribution in [0.2, 0.25) is 0 Å². The summed E-state index contributed by atoms with van der Waals surface area (Å²) < 4.78 is 0. The Kier molecular flexibility index (Phi) is 5.65. The average Bonchev–Trinajstić information content (AvgIpc) is 2.46. The van der Waals surface area contributed by atoms with E-state index >= 15 is 0 Å². The molecular formula is C11H22N2O2. The van der Waals surface area contributed by atoms with Crippen LogP contribution in [-0.2, 0) is 4.79 Å². The van der Waals surface area contributed by atoms with Crippen molar-refractivity contribution in [3.05, 3.63) is 0 Å². The quantitative estimate of drug-likeness (QED) is 0.714. The monoisotopic (exact) mass is 214 g/mol. The topological polar surface area (TPSA) is 52.6 Å². The van der Waals surface area contributed by atoms with Crippen molar-refractivity contribution in [1.82, 2.24) is 10.2 Å². The normalized spacial score (nSPS) is 20.9. The minimum absolute atomic E-state index is 0.433. The molecular weight excluding hydrogens is 192 g/mol. The molecule has 0 amide bonds. The lowest BCUT2D eigenvalue weighted by Gasteiger charge is -2.20. The summed E-state index contributed by atoms with van der Waals surface area (Å²) in [7, 11) is 0. The van der Waals surface area contributed by atoms with E-state index < -0.39 is 12.0 Å². The van der Waals surface area contributed by atoms with E-state index in [0.29, 0.717) is 0 Å². The molecule has 1 heterocycles. The number of likely N-dealkylation sites (tertiary alicyclic amines) is 1. The van der Waals surface area contributed by atoms with Crippen molar-refractivity contribution in [1.29, 1.82) is 0 Å². The maximum atomic E-state index is 10.6. The third-order valence-corrected chi connectivity index (χ3v) is 2.95. The predicted octanol–water partition coefficient (Wildman–Crippen LogP) is 0.925. The Morgan fingerprint density at radius 1 is 1.33 bits per heavy atom. The first-order chi connectivity index (χ1) is 7.20. The summed E-state index contributed by atoms with van der Waals surface area (Å²) in [6.45, 7) is 5.77. The number of carbonyl (C=O) groups is 1. The van der Waals surface area contributed by atoms with E-state index in [0.717, 1.165) is 13.1 Å². The summed E-state index contributed by atoms with van der Waals surface area (Å²) >= 11 is 0. The first-order valence-electron chi connectivity index (χ1n) is 5.88. The van der Waals surface area contributed by atoms with Gasteiger partial charge in [-0.15, -0.1) is 0 Å². The number of aliphatic carboxylic acids is 1. The van der Waals surface area contributed by atoms with Crippen molar-refractivity contribution < 1.29 is 9.90 Å². The molecule has 1 aliphatic heterocycles. The molecule has 1 rings (SSSR count).